The highest BCUT2D eigenvalue weighted by Crippen LogP contribution is 2.36. The van der Waals surface area contributed by atoms with Crippen LogP contribution in [0.3, 0.4) is 0 Å². The van der Waals surface area contributed by atoms with E-state index in [9.17, 15) is 0 Å². The van der Waals surface area contributed by atoms with E-state index in [1.54, 1.807) is 6.33 Å². The summed E-state index contributed by atoms with van der Waals surface area (Å²) in [7, 11) is 0. The number of hydrogen-bond acceptors (Lipinski definition) is 3. The largest absolute Gasteiger partial charge is 0.330 e. The molecule has 1 aromatic heterocycles. The molecule has 0 spiro atoms. The van der Waals surface area contributed by atoms with Gasteiger partial charge >= 0.3 is 0 Å². The van der Waals surface area contributed by atoms with E-state index >= 15 is 0 Å². The fourth-order valence-electron chi connectivity index (χ4n) is 2.07. The zero-order valence-electron chi connectivity index (χ0n) is 7.03. The van der Waals surface area contributed by atoms with Gasteiger partial charge in [-0.3, -0.25) is 5.10 Å². The maximum Gasteiger partial charge on any atom is 0.137 e. The van der Waals surface area contributed by atoms with Crippen LogP contribution in [0.1, 0.15) is 31.0 Å². The van der Waals surface area contributed by atoms with Crippen LogP contribution in [-0.4, -0.2) is 21.7 Å². The molecule has 1 heterocycles. The van der Waals surface area contributed by atoms with Gasteiger partial charge in [0.25, 0.3) is 0 Å². The minimum absolute atomic E-state index is 0.525. The maximum atomic E-state index is 5.67. The molecule has 0 aliphatic heterocycles. The van der Waals surface area contributed by atoms with Crippen LogP contribution in [0.25, 0.3) is 0 Å². The Labute approximate surface area is 71.6 Å². The van der Waals surface area contributed by atoms with Crippen LogP contribution in [0, 0.1) is 5.92 Å². The van der Waals surface area contributed by atoms with Gasteiger partial charge in [0.05, 0.1) is 0 Å². The molecule has 0 radical (unpaired) electrons. The van der Waals surface area contributed by atoms with Crippen LogP contribution in [0.2, 0.25) is 0 Å². The molecule has 0 amide bonds. The van der Waals surface area contributed by atoms with Gasteiger partial charge in [-0.15, -0.1) is 0 Å². The van der Waals surface area contributed by atoms with E-state index < -0.39 is 0 Å². The molecule has 3 N–H and O–H groups in total. The lowest BCUT2D eigenvalue weighted by atomic mass is 9.96. The lowest BCUT2D eigenvalue weighted by molar-refractivity contribution is 0.478. The van der Waals surface area contributed by atoms with E-state index in [-0.39, 0.29) is 0 Å². The van der Waals surface area contributed by atoms with Gasteiger partial charge in [0, 0.05) is 5.92 Å². The summed E-state index contributed by atoms with van der Waals surface area (Å²) >= 11 is 0. The molecule has 1 saturated carbocycles. The molecule has 4 heteroatoms. The number of aromatic amines is 1. The summed E-state index contributed by atoms with van der Waals surface area (Å²) in [6, 6.07) is 0. The van der Waals surface area contributed by atoms with Crippen molar-refractivity contribution in [2.75, 3.05) is 6.54 Å². The predicted molar refractivity (Wildman–Crippen MR) is 45.5 cm³/mol. The molecule has 1 aliphatic carbocycles. The van der Waals surface area contributed by atoms with Crippen molar-refractivity contribution in [3.05, 3.63) is 12.2 Å². The second-order valence-electron chi connectivity index (χ2n) is 3.40. The molecule has 0 saturated heterocycles. The normalized spacial score (nSPS) is 29.4. The smallest absolute Gasteiger partial charge is 0.137 e. The average Bonchev–Trinajstić information content (AvgIpc) is 2.74. The quantitative estimate of drug-likeness (QED) is 0.677. The Morgan fingerprint density at radius 2 is 2.50 bits per heavy atom. The van der Waals surface area contributed by atoms with Gasteiger partial charge in [0.1, 0.15) is 12.2 Å². The summed E-state index contributed by atoms with van der Waals surface area (Å²) in [5.74, 6) is 2.15. The van der Waals surface area contributed by atoms with Gasteiger partial charge in [-0.1, -0.05) is 6.42 Å². The minimum atomic E-state index is 0.525. The molecule has 2 rings (SSSR count). The number of H-pyrrole nitrogens is 1. The minimum Gasteiger partial charge on any atom is -0.330 e. The molecule has 2 unspecified atom stereocenters. The third kappa shape index (κ3) is 1.22. The summed E-state index contributed by atoms with van der Waals surface area (Å²) in [4.78, 5) is 4.17. The van der Waals surface area contributed by atoms with E-state index in [1.165, 1.54) is 19.3 Å². The van der Waals surface area contributed by atoms with Crippen LogP contribution in [0.4, 0.5) is 0 Å². The Bertz CT molecular complexity index is 231. The number of hydrogen-bond donors (Lipinski definition) is 2. The van der Waals surface area contributed by atoms with Gasteiger partial charge in [0.2, 0.25) is 0 Å². The van der Waals surface area contributed by atoms with Crippen molar-refractivity contribution in [3.63, 3.8) is 0 Å². The standard InChI is InChI=1S/C8H14N4/c9-4-6-2-1-3-7(6)8-10-5-11-12-8/h5-7H,1-4,9H2,(H,10,11,12). The SMILES string of the molecule is NCC1CCCC1c1ncn[nH]1. The van der Waals surface area contributed by atoms with E-state index in [0.29, 0.717) is 11.8 Å². The van der Waals surface area contributed by atoms with Crippen LogP contribution < -0.4 is 5.73 Å². The van der Waals surface area contributed by atoms with Gasteiger partial charge < -0.3 is 5.73 Å². The number of rotatable bonds is 2. The van der Waals surface area contributed by atoms with Crippen molar-refractivity contribution in [3.8, 4) is 0 Å². The molecule has 4 nitrogen and oxygen atoms in total. The Hall–Kier alpha value is -0.900. The fraction of sp³-hybridized carbons (Fsp3) is 0.750. The average molecular weight is 166 g/mol. The van der Waals surface area contributed by atoms with Crippen LogP contribution in [0.5, 0.6) is 0 Å². The second kappa shape index (κ2) is 3.23. The molecule has 2 atom stereocenters. The van der Waals surface area contributed by atoms with Gasteiger partial charge in [-0.2, -0.15) is 5.10 Å². The highest BCUT2D eigenvalue weighted by Gasteiger charge is 2.29. The van der Waals surface area contributed by atoms with Crippen molar-refractivity contribution < 1.29 is 0 Å². The third-order valence-corrected chi connectivity index (χ3v) is 2.75. The Morgan fingerprint density at radius 1 is 1.58 bits per heavy atom. The predicted octanol–water partition coefficient (Wildman–Crippen LogP) is 0.647. The lowest BCUT2D eigenvalue weighted by Crippen LogP contribution is -2.17. The Morgan fingerprint density at radius 3 is 3.17 bits per heavy atom. The second-order valence-corrected chi connectivity index (χ2v) is 3.40. The first kappa shape index (κ1) is 7.73. The van der Waals surface area contributed by atoms with Crippen molar-refractivity contribution in [1.82, 2.24) is 15.2 Å². The summed E-state index contributed by atoms with van der Waals surface area (Å²) < 4.78 is 0. The zero-order chi connectivity index (χ0) is 8.39. The number of aromatic nitrogens is 3. The van der Waals surface area contributed by atoms with Gasteiger partial charge in [-0.25, -0.2) is 4.98 Å². The molecule has 66 valence electrons. The first-order chi connectivity index (χ1) is 5.92. The molecule has 12 heavy (non-hydrogen) atoms. The molecule has 1 aromatic rings. The maximum absolute atomic E-state index is 5.67. The summed E-state index contributed by atoms with van der Waals surface area (Å²) in [6.07, 6.45) is 5.29. The first-order valence-electron chi connectivity index (χ1n) is 4.47. The summed E-state index contributed by atoms with van der Waals surface area (Å²) in [6.45, 7) is 0.769. The van der Waals surface area contributed by atoms with Crippen LogP contribution >= 0.6 is 0 Å². The Balaban J connectivity index is 2.13. The third-order valence-electron chi connectivity index (χ3n) is 2.75. The van der Waals surface area contributed by atoms with E-state index in [2.05, 4.69) is 15.2 Å². The Kier molecular flexibility index (Phi) is 2.08. The zero-order valence-corrected chi connectivity index (χ0v) is 7.03. The van der Waals surface area contributed by atoms with Crippen molar-refractivity contribution in [2.45, 2.75) is 25.2 Å². The van der Waals surface area contributed by atoms with E-state index in [4.69, 9.17) is 5.73 Å². The monoisotopic (exact) mass is 166 g/mol. The molecular formula is C8H14N4. The number of nitrogens with one attached hydrogen (secondary N) is 1. The molecular weight excluding hydrogens is 152 g/mol. The molecule has 0 bridgehead atoms. The van der Waals surface area contributed by atoms with Crippen molar-refractivity contribution in [2.24, 2.45) is 11.7 Å². The highest BCUT2D eigenvalue weighted by atomic mass is 15.2. The number of nitrogens with zero attached hydrogens (tertiary/aromatic N) is 2. The molecule has 1 aliphatic rings. The fourth-order valence-corrected chi connectivity index (χ4v) is 2.07. The van der Waals surface area contributed by atoms with Crippen LogP contribution in [0.15, 0.2) is 6.33 Å². The van der Waals surface area contributed by atoms with Crippen molar-refractivity contribution >= 4 is 0 Å². The summed E-state index contributed by atoms with van der Waals surface area (Å²) in [5, 5.41) is 6.79. The lowest BCUT2D eigenvalue weighted by Gasteiger charge is -2.13. The highest BCUT2D eigenvalue weighted by molar-refractivity contribution is 5.00. The molecule has 0 aromatic carbocycles. The van der Waals surface area contributed by atoms with Crippen LogP contribution in [-0.2, 0) is 0 Å². The number of nitrogens with two attached hydrogens (primary N) is 1. The van der Waals surface area contributed by atoms with Crippen molar-refractivity contribution in [1.29, 1.82) is 0 Å². The first-order valence-corrected chi connectivity index (χ1v) is 4.47. The summed E-state index contributed by atoms with van der Waals surface area (Å²) in [5.41, 5.74) is 5.67. The molecule has 1 fully saturated rings. The van der Waals surface area contributed by atoms with Gasteiger partial charge in [0.15, 0.2) is 0 Å². The van der Waals surface area contributed by atoms with E-state index in [0.717, 1.165) is 12.4 Å². The van der Waals surface area contributed by atoms with E-state index in [1.807, 2.05) is 0 Å². The van der Waals surface area contributed by atoms with Gasteiger partial charge in [-0.05, 0) is 25.3 Å². The topological polar surface area (TPSA) is 67.6 Å².